The molecule has 0 radical (unpaired) electrons. The maximum absolute atomic E-state index is 14.5. The number of benzene rings is 1. The number of allylic oxidation sites excluding steroid dienone is 2. The molecule has 1 aromatic heterocycles. The summed E-state index contributed by atoms with van der Waals surface area (Å²) < 4.78 is 54.6. The van der Waals surface area contributed by atoms with Crippen LogP contribution in [0.5, 0.6) is 0 Å². The molecule has 2 aromatic rings. The number of hydrogen-bond acceptors (Lipinski definition) is 4. The first-order valence-electron chi connectivity index (χ1n) is 9.30. The highest BCUT2D eigenvalue weighted by atomic mass is 19.3. The van der Waals surface area contributed by atoms with E-state index >= 15 is 0 Å². The highest BCUT2D eigenvalue weighted by Gasteiger charge is 2.29. The zero-order chi connectivity index (χ0) is 22.1. The third-order valence-corrected chi connectivity index (χ3v) is 4.94. The van der Waals surface area contributed by atoms with E-state index in [9.17, 15) is 17.6 Å². The summed E-state index contributed by atoms with van der Waals surface area (Å²) in [6.45, 7) is 9.78. The first-order valence-corrected chi connectivity index (χ1v) is 9.30. The van der Waals surface area contributed by atoms with Crippen LogP contribution in [-0.2, 0) is 12.5 Å². The van der Waals surface area contributed by atoms with Crippen LogP contribution in [0, 0.1) is 5.82 Å². The molecule has 2 heterocycles. The lowest BCUT2D eigenvalue weighted by Crippen LogP contribution is -2.40. The van der Waals surface area contributed by atoms with E-state index in [1.54, 1.807) is 11.1 Å². The summed E-state index contributed by atoms with van der Waals surface area (Å²) in [4.78, 5) is 10.2. The summed E-state index contributed by atoms with van der Waals surface area (Å²) >= 11 is 0. The number of nitrogens with zero attached hydrogens (tertiary/aromatic N) is 3. The minimum Gasteiger partial charge on any atom is -0.365 e. The van der Waals surface area contributed by atoms with Crippen molar-refractivity contribution in [3.05, 3.63) is 76.6 Å². The molecule has 0 amide bonds. The summed E-state index contributed by atoms with van der Waals surface area (Å²) in [5, 5.41) is 4.21. The van der Waals surface area contributed by atoms with E-state index in [0.29, 0.717) is 34.7 Å². The highest BCUT2D eigenvalue weighted by molar-refractivity contribution is 5.67. The molecule has 0 unspecified atom stereocenters. The van der Waals surface area contributed by atoms with E-state index in [4.69, 9.17) is 0 Å². The Morgan fingerprint density at radius 2 is 2.00 bits per heavy atom. The maximum Gasteiger partial charge on any atom is 0.273 e. The van der Waals surface area contributed by atoms with E-state index in [2.05, 4.69) is 28.4 Å². The topological polar surface area (TPSA) is 41.0 Å². The minimum absolute atomic E-state index is 0.0571. The van der Waals surface area contributed by atoms with Crippen molar-refractivity contribution < 1.29 is 17.6 Å². The molecular weight excluding hydrogens is 396 g/mol. The monoisotopic (exact) mass is 418 g/mol. The molecule has 3 rings (SSSR count). The molecule has 0 saturated heterocycles. The Morgan fingerprint density at radius 3 is 2.67 bits per heavy atom. The van der Waals surface area contributed by atoms with E-state index in [1.165, 1.54) is 18.5 Å². The minimum atomic E-state index is -3.29. The van der Waals surface area contributed by atoms with Gasteiger partial charge in [-0.15, -0.1) is 0 Å². The molecule has 1 aliphatic rings. The number of hydrogen-bond donors (Lipinski definition) is 1. The summed E-state index contributed by atoms with van der Waals surface area (Å²) in [5.41, 5.74) is 1.32. The van der Waals surface area contributed by atoms with Crippen molar-refractivity contribution >= 4 is 17.6 Å². The Hall–Kier alpha value is -3.16. The zero-order valence-electron chi connectivity index (χ0n) is 16.8. The van der Waals surface area contributed by atoms with E-state index in [1.807, 2.05) is 6.92 Å². The highest BCUT2D eigenvalue weighted by Crippen LogP contribution is 2.30. The fourth-order valence-electron chi connectivity index (χ4n) is 3.23. The number of fused-ring (bicyclic) bond motifs is 1. The van der Waals surface area contributed by atoms with Gasteiger partial charge in [-0.1, -0.05) is 31.4 Å². The van der Waals surface area contributed by atoms with Crippen molar-refractivity contribution in [3.8, 4) is 0 Å². The quantitative estimate of drug-likeness (QED) is 0.692. The average molecular weight is 418 g/mol. The fourth-order valence-corrected chi connectivity index (χ4v) is 3.23. The van der Waals surface area contributed by atoms with Gasteiger partial charge in [0.2, 0.25) is 0 Å². The van der Waals surface area contributed by atoms with Crippen LogP contribution in [0.25, 0.3) is 11.8 Å². The molecule has 30 heavy (non-hydrogen) atoms. The lowest BCUT2D eigenvalue weighted by molar-refractivity contribution is 0.0136. The molecule has 0 saturated carbocycles. The number of nitrogens with one attached hydrogen (secondary N) is 1. The van der Waals surface area contributed by atoms with Gasteiger partial charge in [0.05, 0.1) is 22.8 Å². The van der Waals surface area contributed by atoms with Gasteiger partial charge in [-0.25, -0.2) is 23.1 Å². The van der Waals surface area contributed by atoms with Crippen LogP contribution in [-0.4, -0.2) is 21.5 Å². The van der Waals surface area contributed by atoms with Crippen LogP contribution >= 0.6 is 0 Å². The molecule has 1 N–H and O–H groups in total. The van der Waals surface area contributed by atoms with Gasteiger partial charge in [0.25, 0.3) is 5.92 Å². The van der Waals surface area contributed by atoms with Gasteiger partial charge in [0, 0.05) is 43.0 Å². The maximum atomic E-state index is 14.5. The molecule has 0 atom stereocenters. The van der Waals surface area contributed by atoms with Crippen molar-refractivity contribution in [3.63, 3.8) is 0 Å². The molecule has 4 nitrogen and oxygen atoms in total. The smallest absolute Gasteiger partial charge is 0.273 e. The van der Waals surface area contributed by atoms with E-state index < -0.39 is 24.0 Å². The van der Waals surface area contributed by atoms with Crippen LogP contribution in [0.4, 0.5) is 23.4 Å². The van der Waals surface area contributed by atoms with Crippen LogP contribution in [0.15, 0.2) is 49.1 Å². The molecule has 1 aliphatic heterocycles. The lowest BCUT2D eigenvalue weighted by atomic mass is 10.0. The Labute approximate surface area is 172 Å². The Balaban J connectivity index is 1.99. The van der Waals surface area contributed by atoms with Gasteiger partial charge < -0.3 is 10.2 Å². The molecule has 1 aromatic carbocycles. The van der Waals surface area contributed by atoms with Gasteiger partial charge >= 0.3 is 0 Å². The SMILES string of the molecule is C=C(CCF)N1C=c2c(NCc3cccc(C(C)(F)F)c3F)ncnc2=C(C)C1=C. The number of anilines is 1. The standard InChI is InChI=1S/C22H22F4N4/c1-13(8-9-23)30-11-17-20(14(2)15(30)3)28-12-29-21(17)27-10-16-6-5-7-18(19(16)24)22(4,25)26/h5-7,11-12H,1,3,8-10H2,2,4H3,(H,27,28,29). The zero-order valence-corrected chi connectivity index (χ0v) is 16.8. The summed E-state index contributed by atoms with van der Waals surface area (Å²) in [6, 6.07) is 3.89. The Morgan fingerprint density at radius 1 is 1.27 bits per heavy atom. The Bertz CT molecular complexity index is 1120. The van der Waals surface area contributed by atoms with Crippen molar-refractivity contribution in [2.75, 3.05) is 12.0 Å². The number of alkyl halides is 3. The van der Waals surface area contributed by atoms with Gasteiger partial charge in [-0.2, -0.15) is 0 Å². The number of rotatable bonds is 7. The molecular formula is C22H22F4N4. The Kier molecular flexibility index (Phi) is 5.96. The number of halogens is 4. The van der Waals surface area contributed by atoms with Crippen LogP contribution in [0.2, 0.25) is 0 Å². The van der Waals surface area contributed by atoms with E-state index in [-0.39, 0.29) is 18.5 Å². The van der Waals surface area contributed by atoms with Crippen molar-refractivity contribution in [2.24, 2.45) is 0 Å². The van der Waals surface area contributed by atoms with Crippen molar-refractivity contribution in [1.82, 2.24) is 14.9 Å². The summed E-state index contributed by atoms with van der Waals surface area (Å²) in [7, 11) is 0. The molecule has 0 spiro atoms. The van der Waals surface area contributed by atoms with Gasteiger partial charge in [0.1, 0.15) is 18.0 Å². The van der Waals surface area contributed by atoms with Crippen LogP contribution in [0.1, 0.15) is 31.4 Å². The number of aromatic nitrogens is 2. The van der Waals surface area contributed by atoms with Gasteiger partial charge in [0.15, 0.2) is 0 Å². The second-order valence-electron chi connectivity index (χ2n) is 7.08. The lowest BCUT2D eigenvalue weighted by Gasteiger charge is -2.28. The first kappa shape index (κ1) is 21.5. The second kappa shape index (κ2) is 8.30. The molecule has 158 valence electrons. The third kappa shape index (κ3) is 4.08. The van der Waals surface area contributed by atoms with Crippen LogP contribution in [0.3, 0.4) is 0 Å². The molecule has 0 bridgehead atoms. The second-order valence-corrected chi connectivity index (χ2v) is 7.08. The fraction of sp³-hybridized carbons (Fsp3) is 0.273. The summed E-state index contributed by atoms with van der Waals surface area (Å²) in [6.07, 6.45) is 3.18. The predicted molar refractivity (Wildman–Crippen MR) is 109 cm³/mol. The van der Waals surface area contributed by atoms with Gasteiger partial charge in [-0.3, -0.25) is 4.39 Å². The van der Waals surface area contributed by atoms with Crippen molar-refractivity contribution in [2.45, 2.75) is 32.7 Å². The van der Waals surface area contributed by atoms with Crippen molar-refractivity contribution in [1.29, 1.82) is 0 Å². The first-order chi connectivity index (χ1) is 14.1. The third-order valence-electron chi connectivity index (χ3n) is 4.94. The largest absolute Gasteiger partial charge is 0.365 e. The summed E-state index contributed by atoms with van der Waals surface area (Å²) in [5.74, 6) is -3.86. The molecule has 0 fully saturated rings. The normalized spacial score (nSPS) is 13.7. The molecule has 0 aliphatic carbocycles. The van der Waals surface area contributed by atoms with Gasteiger partial charge in [-0.05, 0) is 12.5 Å². The molecule has 8 heteroatoms. The average Bonchev–Trinajstić information content (AvgIpc) is 2.69. The van der Waals surface area contributed by atoms with E-state index in [0.717, 1.165) is 11.6 Å². The van der Waals surface area contributed by atoms with Crippen LogP contribution < -0.4 is 15.9 Å². The predicted octanol–water partition coefficient (Wildman–Crippen LogP) is 3.95.